The first-order valence-electron chi connectivity index (χ1n) is 6.96. The molecule has 0 unspecified atom stereocenters. The highest BCUT2D eigenvalue weighted by Crippen LogP contribution is 2.31. The molecule has 0 aromatic rings. The minimum atomic E-state index is -4.51. The van der Waals surface area contributed by atoms with Crippen LogP contribution in [-0.2, 0) is 14.3 Å². The summed E-state index contributed by atoms with van der Waals surface area (Å²) >= 11 is 0. The van der Waals surface area contributed by atoms with E-state index >= 15 is 0 Å². The fourth-order valence-corrected chi connectivity index (χ4v) is 1.97. The fraction of sp³-hybridized carbons (Fsp3) is 0.857. The molecule has 0 aromatic carbocycles. The van der Waals surface area contributed by atoms with E-state index in [0.717, 1.165) is 0 Å². The SMILES string of the molecule is CC(C)(C)OC(=O)[C@@H](CCC(F)(F)F)[C@@H](CCCF)C(=O)O. The van der Waals surface area contributed by atoms with Crippen LogP contribution in [0.2, 0.25) is 0 Å². The third-order valence-electron chi connectivity index (χ3n) is 2.90. The van der Waals surface area contributed by atoms with Gasteiger partial charge in [-0.2, -0.15) is 13.2 Å². The number of esters is 1. The van der Waals surface area contributed by atoms with Gasteiger partial charge in [0.05, 0.1) is 18.5 Å². The Morgan fingerprint density at radius 1 is 1.09 bits per heavy atom. The van der Waals surface area contributed by atoms with E-state index in [4.69, 9.17) is 9.84 Å². The number of carboxylic acid groups (broad SMARTS) is 1. The molecule has 2 atom stereocenters. The predicted octanol–water partition coefficient (Wildman–Crippen LogP) is 3.74. The highest BCUT2D eigenvalue weighted by Gasteiger charge is 2.39. The van der Waals surface area contributed by atoms with Crippen molar-refractivity contribution in [3.63, 3.8) is 0 Å². The molecule has 0 aliphatic carbocycles. The zero-order valence-electron chi connectivity index (χ0n) is 12.9. The van der Waals surface area contributed by atoms with Crippen molar-refractivity contribution in [1.82, 2.24) is 0 Å². The lowest BCUT2D eigenvalue weighted by Gasteiger charge is -2.27. The first-order chi connectivity index (χ1) is 9.87. The van der Waals surface area contributed by atoms with E-state index in [2.05, 4.69) is 0 Å². The quantitative estimate of drug-likeness (QED) is 0.544. The number of carbonyl (C=O) groups excluding carboxylic acids is 1. The molecule has 0 fully saturated rings. The Morgan fingerprint density at radius 2 is 1.64 bits per heavy atom. The number of alkyl halides is 4. The van der Waals surface area contributed by atoms with E-state index in [1.807, 2.05) is 0 Å². The van der Waals surface area contributed by atoms with Crippen LogP contribution < -0.4 is 0 Å². The lowest BCUT2D eigenvalue weighted by molar-refractivity contribution is -0.171. The Kier molecular flexibility index (Phi) is 7.83. The number of carbonyl (C=O) groups is 2. The van der Waals surface area contributed by atoms with Crippen molar-refractivity contribution in [2.75, 3.05) is 6.67 Å². The number of halogens is 4. The van der Waals surface area contributed by atoms with Crippen LogP contribution in [0.25, 0.3) is 0 Å². The standard InChI is InChI=1S/C14H22F4O4/c1-13(2,3)22-12(21)10(6-7-14(16,17)18)9(11(19)20)5-4-8-15/h9-10H,4-8H2,1-3H3,(H,19,20)/t9-,10+/m1/s1. The maximum Gasteiger partial charge on any atom is 0.389 e. The molecule has 0 aliphatic heterocycles. The van der Waals surface area contributed by atoms with Crippen molar-refractivity contribution in [3.05, 3.63) is 0 Å². The molecule has 0 bridgehead atoms. The van der Waals surface area contributed by atoms with Crippen LogP contribution in [-0.4, -0.2) is 35.5 Å². The summed E-state index contributed by atoms with van der Waals surface area (Å²) in [5, 5.41) is 9.14. The smallest absolute Gasteiger partial charge is 0.389 e. The van der Waals surface area contributed by atoms with Gasteiger partial charge in [-0.3, -0.25) is 14.0 Å². The topological polar surface area (TPSA) is 63.6 Å². The minimum Gasteiger partial charge on any atom is -0.481 e. The Labute approximate surface area is 126 Å². The van der Waals surface area contributed by atoms with Gasteiger partial charge in [-0.05, 0) is 40.0 Å². The van der Waals surface area contributed by atoms with Crippen LogP contribution in [0.4, 0.5) is 17.6 Å². The van der Waals surface area contributed by atoms with E-state index < -0.39 is 55.1 Å². The number of ether oxygens (including phenoxy) is 1. The van der Waals surface area contributed by atoms with Crippen LogP contribution in [0.5, 0.6) is 0 Å². The normalized spacial score (nSPS) is 15.2. The van der Waals surface area contributed by atoms with Crippen LogP contribution in [0.1, 0.15) is 46.5 Å². The van der Waals surface area contributed by atoms with Gasteiger partial charge in [-0.15, -0.1) is 0 Å². The Bertz CT molecular complexity index is 374. The number of carboxylic acids is 1. The van der Waals surface area contributed by atoms with E-state index in [1.165, 1.54) is 20.8 Å². The highest BCUT2D eigenvalue weighted by molar-refractivity contribution is 5.81. The van der Waals surface area contributed by atoms with Crippen molar-refractivity contribution in [2.24, 2.45) is 11.8 Å². The second-order valence-electron chi connectivity index (χ2n) is 6.07. The van der Waals surface area contributed by atoms with Gasteiger partial charge in [0.25, 0.3) is 0 Å². The molecule has 0 aliphatic rings. The van der Waals surface area contributed by atoms with Crippen molar-refractivity contribution in [3.8, 4) is 0 Å². The van der Waals surface area contributed by atoms with Crippen molar-refractivity contribution in [2.45, 2.75) is 58.2 Å². The van der Waals surface area contributed by atoms with Crippen molar-refractivity contribution < 1.29 is 37.0 Å². The minimum absolute atomic E-state index is 0.137. The van der Waals surface area contributed by atoms with E-state index in [9.17, 15) is 27.2 Å². The molecule has 0 saturated carbocycles. The molecule has 0 amide bonds. The molecule has 130 valence electrons. The zero-order valence-corrected chi connectivity index (χ0v) is 12.9. The predicted molar refractivity (Wildman–Crippen MR) is 71.0 cm³/mol. The Morgan fingerprint density at radius 3 is 2.00 bits per heavy atom. The fourth-order valence-electron chi connectivity index (χ4n) is 1.97. The van der Waals surface area contributed by atoms with E-state index in [-0.39, 0.29) is 12.8 Å². The van der Waals surface area contributed by atoms with Gasteiger partial charge in [-0.25, -0.2) is 0 Å². The largest absolute Gasteiger partial charge is 0.481 e. The molecule has 0 heterocycles. The average molecular weight is 330 g/mol. The first-order valence-corrected chi connectivity index (χ1v) is 6.96. The van der Waals surface area contributed by atoms with E-state index in [0.29, 0.717) is 0 Å². The summed E-state index contributed by atoms with van der Waals surface area (Å²) in [7, 11) is 0. The molecule has 0 aromatic heterocycles. The molecule has 1 N–H and O–H groups in total. The van der Waals surface area contributed by atoms with Crippen LogP contribution >= 0.6 is 0 Å². The van der Waals surface area contributed by atoms with Gasteiger partial charge in [0, 0.05) is 6.42 Å². The third kappa shape index (κ3) is 8.84. The summed E-state index contributed by atoms with van der Waals surface area (Å²) in [6, 6.07) is 0. The molecule has 0 radical (unpaired) electrons. The maximum absolute atomic E-state index is 12.4. The van der Waals surface area contributed by atoms with Crippen LogP contribution in [0.3, 0.4) is 0 Å². The molecular weight excluding hydrogens is 308 g/mol. The molecular formula is C14H22F4O4. The number of rotatable bonds is 8. The molecule has 0 spiro atoms. The van der Waals surface area contributed by atoms with Gasteiger partial charge >= 0.3 is 18.1 Å². The zero-order chi connectivity index (χ0) is 17.6. The van der Waals surface area contributed by atoms with Gasteiger partial charge in [0.1, 0.15) is 5.60 Å². The van der Waals surface area contributed by atoms with Gasteiger partial charge < -0.3 is 9.84 Å². The molecule has 8 heteroatoms. The van der Waals surface area contributed by atoms with Gasteiger partial charge in [0.2, 0.25) is 0 Å². The summed E-state index contributed by atoms with van der Waals surface area (Å²) < 4.78 is 54.4. The number of hydrogen-bond acceptors (Lipinski definition) is 3. The summed E-state index contributed by atoms with van der Waals surface area (Å²) in [5.41, 5.74) is -0.948. The van der Waals surface area contributed by atoms with Crippen molar-refractivity contribution in [1.29, 1.82) is 0 Å². The first kappa shape index (κ1) is 20.7. The summed E-state index contributed by atoms with van der Waals surface area (Å²) in [6.07, 6.45) is -6.85. The van der Waals surface area contributed by atoms with Crippen molar-refractivity contribution >= 4 is 11.9 Å². The highest BCUT2D eigenvalue weighted by atomic mass is 19.4. The number of aliphatic carboxylic acids is 1. The molecule has 4 nitrogen and oxygen atoms in total. The lowest BCUT2D eigenvalue weighted by atomic mass is 9.85. The molecule has 0 rings (SSSR count). The maximum atomic E-state index is 12.4. The van der Waals surface area contributed by atoms with Gasteiger partial charge in [0.15, 0.2) is 0 Å². The summed E-state index contributed by atoms with van der Waals surface area (Å²) in [4.78, 5) is 23.3. The lowest BCUT2D eigenvalue weighted by Crippen LogP contribution is -2.36. The average Bonchev–Trinajstić information content (AvgIpc) is 2.28. The van der Waals surface area contributed by atoms with Gasteiger partial charge in [-0.1, -0.05) is 0 Å². The summed E-state index contributed by atoms with van der Waals surface area (Å²) in [5.74, 6) is -5.27. The monoisotopic (exact) mass is 330 g/mol. The van der Waals surface area contributed by atoms with Crippen LogP contribution in [0, 0.1) is 11.8 Å². The second-order valence-corrected chi connectivity index (χ2v) is 6.07. The molecule has 22 heavy (non-hydrogen) atoms. The molecule has 0 saturated heterocycles. The second kappa shape index (κ2) is 8.33. The third-order valence-corrected chi connectivity index (χ3v) is 2.90. The number of hydrogen-bond donors (Lipinski definition) is 1. The van der Waals surface area contributed by atoms with Crippen LogP contribution in [0.15, 0.2) is 0 Å². The summed E-state index contributed by atoms with van der Waals surface area (Å²) in [6.45, 7) is 3.79. The Balaban J connectivity index is 5.18. The van der Waals surface area contributed by atoms with E-state index in [1.54, 1.807) is 0 Å². The Hall–Kier alpha value is -1.34.